The number of benzene rings is 1. The van der Waals surface area contributed by atoms with E-state index in [1.807, 2.05) is 18.5 Å². The van der Waals surface area contributed by atoms with Crippen molar-refractivity contribution in [2.24, 2.45) is 0 Å². The Kier molecular flexibility index (Phi) is 6.21. The summed E-state index contributed by atoms with van der Waals surface area (Å²) in [6.07, 6.45) is 5.75. The number of halogens is 1. The molecule has 1 atom stereocenters. The Morgan fingerprint density at radius 3 is 2.62 bits per heavy atom. The van der Waals surface area contributed by atoms with Crippen molar-refractivity contribution in [2.75, 3.05) is 13.7 Å². The Morgan fingerprint density at radius 2 is 2.00 bits per heavy atom. The summed E-state index contributed by atoms with van der Waals surface area (Å²) in [5, 5.41) is 3.61. The van der Waals surface area contributed by atoms with Crippen LogP contribution in [0.2, 0.25) is 0 Å². The molecular weight excluding hydrogens is 328 g/mol. The van der Waals surface area contributed by atoms with Gasteiger partial charge in [-0.3, -0.25) is 4.98 Å². The van der Waals surface area contributed by atoms with Gasteiger partial charge in [-0.1, -0.05) is 13.0 Å². The molecule has 2 aromatic rings. The van der Waals surface area contributed by atoms with Crippen molar-refractivity contribution >= 4 is 15.9 Å². The Bertz CT molecular complexity index is 560. The van der Waals surface area contributed by atoms with E-state index in [0.717, 1.165) is 29.6 Å². The average Bonchev–Trinajstić information content (AvgIpc) is 2.52. The number of hydrogen-bond donors (Lipinski definition) is 1. The van der Waals surface area contributed by atoms with Gasteiger partial charge in [0, 0.05) is 18.4 Å². The first-order valence-corrected chi connectivity index (χ1v) is 7.99. The van der Waals surface area contributed by atoms with Crippen LogP contribution in [0.25, 0.3) is 0 Å². The maximum Gasteiger partial charge on any atom is 0.133 e. The smallest absolute Gasteiger partial charge is 0.133 e. The van der Waals surface area contributed by atoms with Crippen LogP contribution in [0, 0.1) is 0 Å². The normalized spacial score (nSPS) is 12.1. The largest absolute Gasteiger partial charge is 0.496 e. The van der Waals surface area contributed by atoms with Gasteiger partial charge in [0.2, 0.25) is 0 Å². The first-order valence-electron chi connectivity index (χ1n) is 7.20. The second-order valence-corrected chi connectivity index (χ2v) is 5.81. The van der Waals surface area contributed by atoms with Crippen molar-refractivity contribution in [3.63, 3.8) is 0 Å². The molecule has 2 rings (SSSR count). The number of methoxy groups -OCH3 is 1. The molecule has 0 aliphatic rings. The lowest BCUT2D eigenvalue weighted by atomic mass is 9.99. The molecule has 0 spiro atoms. The van der Waals surface area contributed by atoms with Crippen LogP contribution in [0.1, 0.15) is 30.5 Å². The van der Waals surface area contributed by atoms with Gasteiger partial charge in [0.05, 0.1) is 11.6 Å². The van der Waals surface area contributed by atoms with Crippen molar-refractivity contribution < 1.29 is 4.74 Å². The summed E-state index contributed by atoms with van der Waals surface area (Å²) >= 11 is 3.55. The molecule has 3 nitrogen and oxygen atoms in total. The van der Waals surface area contributed by atoms with Gasteiger partial charge in [0.15, 0.2) is 0 Å². The predicted octanol–water partition coefficient (Wildman–Crippen LogP) is 4.14. The zero-order chi connectivity index (χ0) is 15.1. The Morgan fingerprint density at radius 1 is 1.24 bits per heavy atom. The highest BCUT2D eigenvalue weighted by molar-refractivity contribution is 9.10. The van der Waals surface area contributed by atoms with Gasteiger partial charge in [-0.05, 0) is 70.7 Å². The summed E-state index contributed by atoms with van der Waals surface area (Å²) in [4.78, 5) is 4.10. The number of pyridine rings is 1. The number of rotatable bonds is 7. The molecule has 4 heteroatoms. The molecule has 1 aromatic carbocycles. The fraction of sp³-hybridized carbons (Fsp3) is 0.353. The van der Waals surface area contributed by atoms with Crippen molar-refractivity contribution in [3.8, 4) is 5.75 Å². The maximum absolute atomic E-state index is 5.28. The lowest BCUT2D eigenvalue weighted by Crippen LogP contribution is -2.24. The molecule has 0 saturated heterocycles. The van der Waals surface area contributed by atoms with E-state index in [0.29, 0.717) is 6.04 Å². The van der Waals surface area contributed by atoms with E-state index < -0.39 is 0 Å². The van der Waals surface area contributed by atoms with Crippen molar-refractivity contribution in [1.29, 1.82) is 0 Å². The summed E-state index contributed by atoms with van der Waals surface area (Å²) in [6, 6.07) is 10.7. The fourth-order valence-corrected chi connectivity index (χ4v) is 2.88. The number of nitrogens with one attached hydrogen (secondary N) is 1. The molecule has 0 amide bonds. The summed E-state index contributed by atoms with van der Waals surface area (Å²) in [7, 11) is 1.68. The summed E-state index contributed by atoms with van der Waals surface area (Å²) in [5.41, 5.74) is 2.54. The van der Waals surface area contributed by atoms with Gasteiger partial charge in [0.1, 0.15) is 5.75 Å². The van der Waals surface area contributed by atoms with Gasteiger partial charge >= 0.3 is 0 Å². The monoisotopic (exact) mass is 348 g/mol. The lowest BCUT2D eigenvalue weighted by molar-refractivity contribution is 0.412. The minimum atomic E-state index is 0.299. The highest BCUT2D eigenvalue weighted by atomic mass is 79.9. The van der Waals surface area contributed by atoms with Crippen LogP contribution in [0.5, 0.6) is 5.75 Å². The van der Waals surface area contributed by atoms with Crippen LogP contribution in [0.4, 0.5) is 0 Å². The van der Waals surface area contributed by atoms with E-state index in [1.165, 1.54) is 11.1 Å². The minimum Gasteiger partial charge on any atom is -0.496 e. The van der Waals surface area contributed by atoms with E-state index in [-0.39, 0.29) is 0 Å². The minimum absolute atomic E-state index is 0.299. The summed E-state index contributed by atoms with van der Waals surface area (Å²) < 4.78 is 6.28. The molecule has 1 aromatic heterocycles. The number of aromatic nitrogens is 1. The second kappa shape index (κ2) is 8.15. The van der Waals surface area contributed by atoms with E-state index in [4.69, 9.17) is 4.74 Å². The molecule has 0 radical (unpaired) electrons. The third kappa shape index (κ3) is 4.55. The Hall–Kier alpha value is -1.39. The second-order valence-electron chi connectivity index (χ2n) is 4.96. The zero-order valence-electron chi connectivity index (χ0n) is 12.5. The van der Waals surface area contributed by atoms with E-state index in [1.54, 1.807) is 7.11 Å². The lowest BCUT2D eigenvalue weighted by Gasteiger charge is -2.19. The Labute approximate surface area is 134 Å². The van der Waals surface area contributed by atoms with Crippen LogP contribution in [-0.4, -0.2) is 18.6 Å². The molecule has 0 aliphatic carbocycles. The number of nitrogens with zero attached hydrogens (tertiary/aromatic N) is 1. The van der Waals surface area contributed by atoms with Crippen molar-refractivity contribution in [3.05, 3.63) is 58.3 Å². The SMILES string of the molecule is CCCNC(Cc1ccc(OC)c(Br)c1)c1ccncc1. The van der Waals surface area contributed by atoms with E-state index >= 15 is 0 Å². The molecule has 1 heterocycles. The molecule has 0 saturated carbocycles. The highest BCUT2D eigenvalue weighted by Crippen LogP contribution is 2.27. The number of hydrogen-bond acceptors (Lipinski definition) is 3. The molecule has 0 fully saturated rings. The first-order chi connectivity index (χ1) is 10.2. The van der Waals surface area contributed by atoms with E-state index in [2.05, 4.69) is 57.4 Å². The van der Waals surface area contributed by atoms with Gasteiger partial charge < -0.3 is 10.1 Å². The van der Waals surface area contributed by atoms with Crippen LogP contribution in [0.3, 0.4) is 0 Å². The molecule has 1 N–H and O–H groups in total. The first kappa shape index (κ1) is 16.0. The molecule has 1 unspecified atom stereocenters. The van der Waals surface area contributed by atoms with Crippen LogP contribution >= 0.6 is 15.9 Å². The van der Waals surface area contributed by atoms with Gasteiger partial charge in [-0.25, -0.2) is 0 Å². The fourth-order valence-electron chi connectivity index (χ4n) is 2.29. The quantitative estimate of drug-likeness (QED) is 0.816. The standard InChI is InChI=1S/C17H21BrN2O/c1-3-8-20-16(14-6-9-19-10-7-14)12-13-4-5-17(21-2)15(18)11-13/h4-7,9-11,16,20H,3,8,12H2,1-2H3. The molecule has 0 bridgehead atoms. The van der Waals surface area contributed by atoms with Crippen LogP contribution in [0.15, 0.2) is 47.2 Å². The zero-order valence-corrected chi connectivity index (χ0v) is 14.1. The molecule has 21 heavy (non-hydrogen) atoms. The van der Waals surface area contributed by atoms with Gasteiger partial charge in [0.25, 0.3) is 0 Å². The Balaban J connectivity index is 2.16. The van der Waals surface area contributed by atoms with Gasteiger partial charge in [-0.15, -0.1) is 0 Å². The maximum atomic E-state index is 5.28. The van der Waals surface area contributed by atoms with E-state index in [9.17, 15) is 0 Å². The van der Waals surface area contributed by atoms with Crippen LogP contribution in [-0.2, 0) is 6.42 Å². The summed E-state index contributed by atoms with van der Waals surface area (Å²) in [6.45, 7) is 3.19. The van der Waals surface area contributed by atoms with Crippen molar-refractivity contribution in [1.82, 2.24) is 10.3 Å². The number of ether oxygens (including phenoxy) is 1. The van der Waals surface area contributed by atoms with Crippen LogP contribution < -0.4 is 10.1 Å². The molecule has 0 aliphatic heterocycles. The molecular formula is C17H21BrN2O. The van der Waals surface area contributed by atoms with Gasteiger partial charge in [-0.2, -0.15) is 0 Å². The highest BCUT2D eigenvalue weighted by Gasteiger charge is 2.12. The topological polar surface area (TPSA) is 34.1 Å². The average molecular weight is 349 g/mol. The third-order valence-corrected chi connectivity index (χ3v) is 4.02. The predicted molar refractivity (Wildman–Crippen MR) is 89.7 cm³/mol. The molecule has 112 valence electrons. The summed E-state index contributed by atoms with van der Waals surface area (Å²) in [5.74, 6) is 0.862. The third-order valence-electron chi connectivity index (χ3n) is 3.41. The van der Waals surface area contributed by atoms with Crippen molar-refractivity contribution in [2.45, 2.75) is 25.8 Å².